The molecule has 2 aliphatic carbocycles. The zero-order valence-corrected chi connectivity index (χ0v) is 29.8. The molecule has 0 spiro atoms. The van der Waals surface area contributed by atoms with Crippen molar-refractivity contribution in [3.8, 4) is 24.7 Å². The van der Waals surface area contributed by atoms with Crippen LogP contribution in [0.5, 0.6) is 0 Å². The number of urea groups is 1. The first-order valence-corrected chi connectivity index (χ1v) is 17.2. The Labute approximate surface area is 282 Å². The number of Topliss-reactive ketones (excluding diaryl/α,β-unsaturated/α-hetero) is 1. The standard InChI is InChI=1S/C37H57N5O5/c1-11-13-17-25(28(43)31(45)38-22-12-2)39-30(44)27-26-24(36(26,9)10)23-42(27)32(46)29(35(6,7)8)40-33(47)41-37(18-15-14-16-19-37)21-20-34(3,4)5/h1-2,24-27,29H,13-23H2,3-10H3,(H,38,45)(H,39,44)(H2,40,41,47)/t24?,25?,26-,27-,29+/m0/s1. The molecule has 0 aromatic rings. The van der Waals surface area contributed by atoms with E-state index in [4.69, 9.17) is 12.8 Å². The van der Waals surface area contributed by atoms with Gasteiger partial charge in [0.1, 0.15) is 12.1 Å². The minimum atomic E-state index is -1.17. The molecule has 260 valence electrons. The van der Waals surface area contributed by atoms with E-state index < -0.39 is 41.1 Å². The van der Waals surface area contributed by atoms with E-state index >= 15 is 0 Å². The fraction of sp³-hybridized carbons (Fsp3) is 0.757. The number of ketones is 1. The molecule has 0 bridgehead atoms. The van der Waals surface area contributed by atoms with Gasteiger partial charge in [-0.25, -0.2) is 4.79 Å². The van der Waals surface area contributed by atoms with Crippen LogP contribution in [0.1, 0.15) is 113 Å². The molecule has 2 unspecified atom stereocenters. The lowest BCUT2D eigenvalue weighted by molar-refractivity contribution is -0.145. The summed E-state index contributed by atoms with van der Waals surface area (Å²) in [7, 11) is 0. The van der Waals surface area contributed by atoms with Gasteiger partial charge in [-0.15, -0.1) is 18.8 Å². The molecule has 2 saturated carbocycles. The fourth-order valence-electron chi connectivity index (χ4n) is 7.45. The lowest BCUT2D eigenvalue weighted by atomic mass is 9.75. The van der Waals surface area contributed by atoms with E-state index in [0.29, 0.717) is 6.54 Å². The topological polar surface area (TPSA) is 137 Å². The maximum Gasteiger partial charge on any atom is 0.315 e. The molecule has 3 rings (SSSR count). The molecular formula is C37H57N5O5. The average molecular weight is 652 g/mol. The molecule has 0 aromatic carbocycles. The normalized spacial score (nSPS) is 24.0. The Balaban J connectivity index is 1.83. The zero-order valence-electron chi connectivity index (χ0n) is 29.8. The molecule has 0 aromatic heterocycles. The zero-order chi connectivity index (χ0) is 35.4. The summed E-state index contributed by atoms with van der Waals surface area (Å²) in [5.41, 5.74) is -1.05. The van der Waals surface area contributed by atoms with Gasteiger partial charge in [0.2, 0.25) is 17.6 Å². The Morgan fingerprint density at radius 3 is 2.13 bits per heavy atom. The van der Waals surface area contributed by atoms with Crippen LogP contribution in [-0.2, 0) is 19.2 Å². The highest BCUT2D eigenvalue weighted by molar-refractivity contribution is 6.38. The molecule has 1 aliphatic heterocycles. The van der Waals surface area contributed by atoms with Gasteiger partial charge in [-0.3, -0.25) is 19.2 Å². The van der Waals surface area contributed by atoms with Crippen LogP contribution in [0.3, 0.4) is 0 Å². The van der Waals surface area contributed by atoms with E-state index in [9.17, 15) is 24.0 Å². The van der Waals surface area contributed by atoms with Crippen molar-refractivity contribution in [2.45, 2.75) is 137 Å². The molecule has 5 atom stereocenters. The van der Waals surface area contributed by atoms with Crippen molar-refractivity contribution < 1.29 is 24.0 Å². The summed E-state index contributed by atoms with van der Waals surface area (Å²) in [6.45, 7) is 16.6. The number of nitrogens with zero attached hydrogens (tertiary/aromatic N) is 1. The number of amides is 5. The number of hydrogen-bond acceptors (Lipinski definition) is 5. The van der Waals surface area contributed by atoms with Crippen LogP contribution in [0.4, 0.5) is 4.79 Å². The van der Waals surface area contributed by atoms with Gasteiger partial charge in [0.15, 0.2) is 0 Å². The van der Waals surface area contributed by atoms with Crippen molar-refractivity contribution in [3.05, 3.63) is 0 Å². The van der Waals surface area contributed by atoms with Gasteiger partial charge in [0.05, 0.1) is 12.6 Å². The molecule has 4 N–H and O–H groups in total. The molecule has 3 fully saturated rings. The molecule has 10 nitrogen and oxygen atoms in total. The highest BCUT2D eigenvalue weighted by Crippen LogP contribution is 2.65. The number of likely N-dealkylation sites (tertiary alicyclic amines) is 1. The molecule has 47 heavy (non-hydrogen) atoms. The Morgan fingerprint density at radius 1 is 0.936 bits per heavy atom. The first-order chi connectivity index (χ1) is 21.8. The second-order valence-corrected chi connectivity index (χ2v) is 16.7. The van der Waals surface area contributed by atoms with Gasteiger partial charge in [-0.05, 0) is 60.2 Å². The van der Waals surface area contributed by atoms with E-state index in [2.05, 4.69) is 67.7 Å². The molecule has 5 amide bonds. The molecule has 1 saturated heterocycles. The number of nitrogens with one attached hydrogen (secondary N) is 4. The number of carbonyl (C=O) groups excluding carboxylic acids is 5. The largest absolute Gasteiger partial charge is 0.344 e. The van der Waals surface area contributed by atoms with Gasteiger partial charge in [0.25, 0.3) is 5.91 Å². The van der Waals surface area contributed by atoms with E-state index in [1.807, 2.05) is 20.8 Å². The van der Waals surface area contributed by atoms with Gasteiger partial charge >= 0.3 is 6.03 Å². The summed E-state index contributed by atoms with van der Waals surface area (Å²) < 4.78 is 0. The van der Waals surface area contributed by atoms with Crippen molar-refractivity contribution in [3.63, 3.8) is 0 Å². The monoisotopic (exact) mass is 651 g/mol. The predicted octanol–water partition coefficient (Wildman–Crippen LogP) is 3.93. The van der Waals surface area contributed by atoms with E-state index in [-0.39, 0.29) is 59.5 Å². The highest BCUT2D eigenvalue weighted by atomic mass is 16.2. The highest BCUT2D eigenvalue weighted by Gasteiger charge is 2.70. The van der Waals surface area contributed by atoms with E-state index in [1.165, 1.54) is 0 Å². The molecule has 0 radical (unpaired) electrons. The number of fused-ring (bicyclic) bond motifs is 1. The SMILES string of the molecule is C#CCCC(NC(=O)[C@@H]1[C@@H]2C(CN1C(=O)[C@@H](NC(=O)NC1(CCC(C)(C)C)CCCCC1)C(C)(C)C)C2(C)C)C(=O)C(=O)NCC#C. The Morgan fingerprint density at radius 2 is 1.57 bits per heavy atom. The van der Waals surface area contributed by atoms with Crippen LogP contribution in [-0.4, -0.2) is 71.2 Å². The van der Waals surface area contributed by atoms with Crippen LogP contribution in [0.15, 0.2) is 0 Å². The second-order valence-electron chi connectivity index (χ2n) is 16.7. The number of piperidine rings is 1. The summed E-state index contributed by atoms with van der Waals surface area (Å²) in [4.78, 5) is 69.1. The molecular weight excluding hydrogens is 594 g/mol. The Kier molecular flexibility index (Phi) is 11.9. The van der Waals surface area contributed by atoms with Crippen LogP contribution in [0.25, 0.3) is 0 Å². The Bertz CT molecular complexity index is 1290. The lowest BCUT2D eigenvalue weighted by Crippen LogP contribution is -2.63. The minimum Gasteiger partial charge on any atom is -0.344 e. The third kappa shape index (κ3) is 9.30. The third-order valence-electron chi connectivity index (χ3n) is 10.5. The van der Waals surface area contributed by atoms with Crippen molar-refractivity contribution in [1.82, 2.24) is 26.2 Å². The maximum atomic E-state index is 14.4. The van der Waals surface area contributed by atoms with Crippen LogP contribution in [0, 0.1) is 52.8 Å². The first kappa shape index (κ1) is 37.9. The van der Waals surface area contributed by atoms with Crippen molar-refractivity contribution >= 4 is 29.5 Å². The summed E-state index contributed by atoms with van der Waals surface area (Å²) >= 11 is 0. The summed E-state index contributed by atoms with van der Waals surface area (Å²) in [6.07, 6.45) is 17.7. The number of terminal acetylenes is 2. The minimum absolute atomic E-state index is 0.0615. The number of carbonyl (C=O) groups is 5. The molecule has 10 heteroatoms. The lowest BCUT2D eigenvalue weighted by Gasteiger charge is -2.41. The van der Waals surface area contributed by atoms with Gasteiger partial charge in [-0.1, -0.05) is 80.6 Å². The fourth-order valence-corrected chi connectivity index (χ4v) is 7.45. The Hall–Kier alpha value is -3.53. The van der Waals surface area contributed by atoms with Crippen molar-refractivity contribution in [2.24, 2.45) is 28.1 Å². The van der Waals surface area contributed by atoms with E-state index in [1.54, 1.807) is 4.90 Å². The summed E-state index contributed by atoms with van der Waals surface area (Å²) in [5.74, 6) is 2.03. The average Bonchev–Trinajstić information content (AvgIpc) is 3.29. The first-order valence-electron chi connectivity index (χ1n) is 17.2. The quantitative estimate of drug-likeness (QED) is 0.187. The van der Waals surface area contributed by atoms with Crippen molar-refractivity contribution in [2.75, 3.05) is 13.1 Å². The third-order valence-corrected chi connectivity index (χ3v) is 10.5. The van der Waals surface area contributed by atoms with Gasteiger partial charge < -0.3 is 26.2 Å². The van der Waals surface area contributed by atoms with Crippen LogP contribution >= 0.6 is 0 Å². The van der Waals surface area contributed by atoms with Gasteiger partial charge in [-0.2, -0.15) is 0 Å². The second kappa shape index (κ2) is 14.7. The number of hydrogen-bond donors (Lipinski definition) is 4. The predicted molar refractivity (Wildman–Crippen MR) is 183 cm³/mol. The molecule has 1 heterocycles. The number of rotatable bonds is 12. The van der Waals surface area contributed by atoms with Crippen LogP contribution < -0.4 is 21.3 Å². The summed E-state index contributed by atoms with van der Waals surface area (Å²) in [5, 5.41) is 11.4. The van der Waals surface area contributed by atoms with Crippen molar-refractivity contribution in [1.29, 1.82) is 0 Å². The smallest absolute Gasteiger partial charge is 0.315 e. The summed E-state index contributed by atoms with van der Waals surface area (Å²) in [6, 6.07) is -3.33. The van der Waals surface area contributed by atoms with E-state index in [0.717, 1.165) is 44.9 Å². The maximum absolute atomic E-state index is 14.4. The molecule has 3 aliphatic rings. The van der Waals surface area contributed by atoms with Crippen LogP contribution in [0.2, 0.25) is 0 Å². The van der Waals surface area contributed by atoms with Gasteiger partial charge in [0, 0.05) is 18.5 Å².